The number of alkyl halides is 3. The molecule has 0 saturated carbocycles. The minimum absolute atomic E-state index is 0.00662. The van der Waals surface area contributed by atoms with Crippen LogP contribution in [-0.2, 0) is 19.6 Å². The largest absolute Gasteiger partial charge is 0.490 e. The van der Waals surface area contributed by atoms with Crippen LogP contribution in [0.3, 0.4) is 0 Å². The van der Waals surface area contributed by atoms with Crippen LogP contribution in [0.15, 0.2) is 47.4 Å². The van der Waals surface area contributed by atoms with Gasteiger partial charge in [0.1, 0.15) is 5.82 Å². The fourth-order valence-electron chi connectivity index (χ4n) is 3.64. The highest BCUT2D eigenvalue weighted by molar-refractivity contribution is 7.92. The molecule has 11 nitrogen and oxygen atoms in total. The highest BCUT2D eigenvalue weighted by Crippen LogP contribution is 2.27. The van der Waals surface area contributed by atoms with E-state index in [2.05, 4.69) is 17.0 Å². The molecule has 1 aliphatic heterocycles. The second kappa shape index (κ2) is 14.6. The van der Waals surface area contributed by atoms with E-state index in [1.165, 1.54) is 12.1 Å². The van der Waals surface area contributed by atoms with E-state index in [0.29, 0.717) is 45.0 Å². The number of carboxylic acid groups (broad SMARTS) is 2. The molecule has 0 aliphatic carbocycles. The number of nitrogens with one attached hydrogen (secondary N) is 2. The van der Waals surface area contributed by atoms with Gasteiger partial charge in [0, 0.05) is 38.4 Å². The van der Waals surface area contributed by atoms with Crippen molar-refractivity contribution >= 4 is 39.2 Å². The summed E-state index contributed by atoms with van der Waals surface area (Å²) in [6.07, 6.45) is -3.12. The van der Waals surface area contributed by atoms with E-state index in [9.17, 15) is 40.7 Å². The predicted octanol–water partition coefficient (Wildman–Crippen LogP) is 3.00. The molecule has 1 aliphatic rings. The average molecular weight is 607 g/mol. The number of carboxylic acids is 2. The van der Waals surface area contributed by atoms with Crippen LogP contribution in [0.5, 0.6) is 0 Å². The molecule has 3 rings (SSSR count). The molecule has 1 saturated heterocycles. The number of unbranched alkanes of at least 4 members (excludes halogenated alkanes) is 1. The second-order valence-corrected chi connectivity index (χ2v) is 10.5. The van der Waals surface area contributed by atoms with E-state index in [-0.39, 0.29) is 22.1 Å². The Morgan fingerprint density at radius 1 is 0.976 bits per heavy atom. The maximum Gasteiger partial charge on any atom is 0.490 e. The van der Waals surface area contributed by atoms with Gasteiger partial charge < -0.3 is 20.4 Å². The lowest BCUT2D eigenvalue weighted by molar-refractivity contribution is -0.192. The minimum Gasteiger partial charge on any atom is -0.478 e. The van der Waals surface area contributed by atoms with Gasteiger partial charge in [0.15, 0.2) is 0 Å². The molecule has 2 aromatic carbocycles. The van der Waals surface area contributed by atoms with Gasteiger partial charge in [-0.15, -0.1) is 0 Å². The van der Waals surface area contributed by atoms with Crippen molar-refractivity contribution < 1.29 is 50.6 Å². The first-order valence-corrected chi connectivity index (χ1v) is 13.8. The lowest BCUT2D eigenvalue weighted by Crippen LogP contribution is -2.49. The molecule has 0 atom stereocenters. The van der Waals surface area contributed by atoms with Gasteiger partial charge in [-0.05, 0) is 48.9 Å². The average Bonchev–Trinajstić information content (AvgIpc) is 2.89. The number of benzene rings is 2. The van der Waals surface area contributed by atoms with Gasteiger partial charge in [-0.1, -0.05) is 13.3 Å². The number of aliphatic carboxylic acids is 1. The molecular formula is C25H30F4N4O7S. The van der Waals surface area contributed by atoms with E-state index in [4.69, 9.17) is 9.90 Å². The van der Waals surface area contributed by atoms with E-state index >= 15 is 0 Å². The maximum atomic E-state index is 13.1. The van der Waals surface area contributed by atoms with Gasteiger partial charge in [0.25, 0.3) is 10.0 Å². The molecule has 4 N–H and O–H groups in total. The quantitative estimate of drug-likeness (QED) is 0.236. The molecule has 1 fully saturated rings. The lowest BCUT2D eigenvalue weighted by atomic mass is 10.1. The minimum atomic E-state index is -5.08. The Morgan fingerprint density at radius 3 is 2.07 bits per heavy atom. The summed E-state index contributed by atoms with van der Waals surface area (Å²) < 4.78 is 72.4. The smallest absolute Gasteiger partial charge is 0.478 e. The molecule has 226 valence electrons. The van der Waals surface area contributed by atoms with Crippen LogP contribution in [0.2, 0.25) is 0 Å². The number of hydrogen-bond donors (Lipinski definition) is 4. The Labute approximate surface area is 233 Å². The number of carbonyl (C=O) groups is 3. The van der Waals surface area contributed by atoms with Crippen molar-refractivity contribution in [3.63, 3.8) is 0 Å². The second-order valence-electron chi connectivity index (χ2n) is 8.86. The lowest BCUT2D eigenvalue weighted by Gasteiger charge is -2.36. The Kier molecular flexibility index (Phi) is 11.9. The Balaban J connectivity index is 0.000000745. The van der Waals surface area contributed by atoms with Crippen molar-refractivity contribution in [2.45, 2.75) is 30.8 Å². The summed E-state index contributed by atoms with van der Waals surface area (Å²) >= 11 is 0. The van der Waals surface area contributed by atoms with Gasteiger partial charge in [-0.2, -0.15) is 13.2 Å². The van der Waals surface area contributed by atoms with Gasteiger partial charge in [-0.25, -0.2) is 22.4 Å². The number of hydrogen-bond acceptors (Lipinski definition) is 7. The number of rotatable bonds is 10. The summed E-state index contributed by atoms with van der Waals surface area (Å²) in [7, 11) is -4.09. The third-order valence-electron chi connectivity index (χ3n) is 5.80. The molecule has 2 aromatic rings. The number of carbonyl (C=O) groups excluding carboxylic acids is 1. The fourth-order valence-corrected chi connectivity index (χ4v) is 4.72. The third kappa shape index (κ3) is 10.5. The van der Waals surface area contributed by atoms with Crippen molar-refractivity contribution in [1.82, 2.24) is 10.2 Å². The summed E-state index contributed by atoms with van der Waals surface area (Å²) in [5.74, 6) is -4.62. The zero-order valence-electron chi connectivity index (χ0n) is 21.9. The number of piperazine rings is 1. The number of amides is 1. The fraction of sp³-hybridized carbons (Fsp3) is 0.400. The summed E-state index contributed by atoms with van der Waals surface area (Å²) in [4.78, 5) is 36.6. The Hall–Kier alpha value is -3.92. The molecule has 0 bridgehead atoms. The Morgan fingerprint density at radius 2 is 1.56 bits per heavy atom. The zero-order chi connectivity index (χ0) is 30.8. The van der Waals surface area contributed by atoms with E-state index in [0.717, 1.165) is 37.1 Å². The molecule has 0 radical (unpaired) electrons. The summed E-state index contributed by atoms with van der Waals surface area (Å²) in [6, 6.07) is 8.74. The predicted molar refractivity (Wildman–Crippen MR) is 141 cm³/mol. The number of aromatic carboxylic acids is 1. The SMILES string of the molecule is CCCCNC(=O)CN1CCN(c2ccc(NS(=O)(=O)c3ccc(F)cc3)c(C(=O)O)c2)CC1.O=C(O)C(F)(F)F. The molecule has 0 unspecified atom stereocenters. The molecular weight excluding hydrogens is 576 g/mol. The van der Waals surface area contributed by atoms with Gasteiger partial charge in [-0.3, -0.25) is 14.4 Å². The third-order valence-corrected chi connectivity index (χ3v) is 7.18. The highest BCUT2D eigenvalue weighted by atomic mass is 32.2. The van der Waals surface area contributed by atoms with E-state index in [1.54, 1.807) is 6.07 Å². The summed E-state index contributed by atoms with van der Waals surface area (Å²) in [5.41, 5.74) is 0.373. The molecule has 1 amide bonds. The Bertz CT molecular complexity index is 1310. The highest BCUT2D eigenvalue weighted by Gasteiger charge is 2.38. The van der Waals surface area contributed by atoms with Gasteiger partial charge >= 0.3 is 18.1 Å². The van der Waals surface area contributed by atoms with Crippen LogP contribution >= 0.6 is 0 Å². The number of anilines is 2. The van der Waals surface area contributed by atoms with E-state index in [1.807, 2.05) is 9.80 Å². The number of halogens is 4. The number of sulfonamides is 1. The van der Waals surface area contributed by atoms with Crippen LogP contribution in [0, 0.1) is 5.82 Å². The topological polar surface area (TPSA) is 156 Å². The van der Waals surface area contributed by atoms with Crippen LogP contribution in [-0.4, -0.2) is 86.8 Å². The number of nitrogens with zero attached hydrogens (tertiary/aromatic N) is 2. The zero-order valence-corrected chi connectivity index (χ0v) is 22.8. The maximum absolute atomic E-state index is 13.1. The van der Waals surface area contributed by atoms with Crippen molar-refractivity contribution in [2.24, 2.45) is 0 Å². The first kappa shape index (κ1) is 33.3. The van der Waals surface area contributed by atoms with E-state index < -0.39 is 34.0 Å². The van der Waals surface area contributed by atoms with Crippen LogP contribution < -0.4 is 14.9 Å². The molecule has 0 aromatic heterocycles. The molecule has 0 spiro atoms. The standard InChI is InChI=1S/C23H29FN4O5S.C2HF3O2/c1-2-3-10-25-22(29)16-27-11-13-28(14-12-27)18-6-9-21(20(15-18)23(30)31)26-34(32,33)19-7-4-17(24)5-8-19;3-2(4,5)1(6)7/h4-9,15,26H,2-3,10-14,16H2,1H3,(H,25,29)(H,30,31);(H,6,7). The monoisotopic (exact) mass is 606 g/mol. The molecule has 41 heavy (non-hydrogen) atoms. The van der Waals surface area contributed by atoms with Crippen molar-refractivity contribution in [3.8, 4) is 0 Å². The van der Waals surface area contributed by atoms with Crippen molar-refractivity contribution in [1.29, 1.82) is 0 Å². The van der Waals surface area contributed by atoms with Crippen molar-refractivity contribution in [3.05, 3.63) is 53.8 Å². The first-order valence-electron chi connectivity index (χ1n) is 12.3. The van der Waals surface area contributed by atoms with Gasteiger partial charge in [0.2, 0.25) is 5.91 Å². The van der Waals surface area contributed by atoms with Crippen molar-refractivity contribution in [2.75, 3.05) is 48.9 Å². The molecule has 16 heteroatoms. The van der Waals surface area contributed by atoms with Crippen LogP contribution in [0.1, 0.15) is 30.1 Å². The molecule has 1 heterocycles. The van der Waals surface area contributed by atoms with Crippen LogP contribution in [0.4, 0.5) is 28.9 Å². The van der Waals surface area contributed by atoms with Crippen LogP contribution in [0.25, 0.3) is 0 Å². The summed E-state index contributed by atoms with van der Waals surface area (Å²) in [6.45, 7) is 5.54. The first-order chi connectivity index (χ1) is 19.1. The summed E-state index contributed by atoms with van der Waals surface area (Å²) in [5, 5.41) is 19.7. The normalized spacial score (nSPS) is 14.0. The van der Waals surface area contributed by atoms with Gasteiger partial charge in [0.05, 0.1) is 22.7 Å².